The van der Waals surface area contributed by atoms with Crippen molar-refractivity contribution in [2.45, 2.75) is 23.6 Å². The molecule has 0 saturated heterocycles. The normalized spacial score (nSPS) is 12.1. The SMILES string of the molecule is COc1ccc(S(=O)(=O)CCOS(=O)(=O)O)cc1N=Nc1c(C)nn(-c2c(C)cc(S(=O)(=O)[O-])cc2Cl)c1[O-].[Na+].[Na+]. The van der Waals surface area contributed by atoms with E-state index >= 15 is 0 Å². The van der Waals surface area contributed by atoms with Crippen molar-refractivity contribution >= 4 is 53.3 Å². The first-order valence-corrected chi connectivity index (χ1v) is 15.2. The Balaban J connectivity index is 0.00000420. The number of halogens is 1. The Hall–Kier alpha value is -1.13. The number of aryl methyl sites for hydroxylation is 2. The topological polar surface area (TPSA) is 230 Å². The smallest absolute Gasteiger partial charge is 0.857 e. The largest absolute Gasteiger partial charge is 1.00 e. The zero-order valence-corrected chi connectivity index (χ0v) is 29.4. The van der Waals surface area contributed by atoms with Gasteiger partial charge in [0.25, 0.3) is 0 Å². The van der Waals surface area contributed by atoms with E-state index in [4.69, 9.17) is 20.9 Å². The predicted octanol–water partition coefficient (Wildman–Crippen LogP) is -3.85. The van der Waals surface area contributed by atoms with Crippen molar-refractivity contribution in [3.63, 3.8) is 0 Å². The van der Waals surface area contributed by atoms with Gasteiger partial charge < -0.3 is 14.4 Å². The van der Waals surface area contributed by atoms with Crippen LogP contribution in [-0.4, -0.2) is 63.6 Å². The fraction of sp³-hybridized carbons (Fsp3) is 0.250. The number of sulfone groups is 1. The van der Waals surface area contributed by atoms with Crippen LogP contribution in [0.1, 0.15) is 11.3 Å². The second-order valence-corrected chi connectivity index (χ2v) is 12.8. The van der Waals surface area contributed by atoms with E-state index in [1.54, 1.807) is 0 Å². The number of methoxy groups -OCH3 is 1. The Morgan fingerprint density at radius 1 is 1.02 bits per heavy atom. The van der Waals surface area contributed by atoms with Gasteiger partial charge in [-0.25, -0.2) is 25.7 Å². The summed E-state index contributed by atoms with van der Waals surface area (Å²) in [7, 11) is -12.5. The minimum Gasteiger partial charge on any atom is -0.857 e. The molecule has 21 heteroatoms. The summed E-state index contributed by atoms with van der Waals surface area (Å²) < 4.78 is 99.2. The summed E-state index contributed by atoms with van der Waals surface area (Å²) in [6.45, 7) is 2.01. The number of nitrogens with zero attached hydrogens (tertiary/aromatic N) is 4. The monoisotopic (exact) mass is 668 g/mol. The molecule has 0 aliphatic heterocycles. The Morgan fingerprint density at radius 3 is 2.20 bits per heavy atom. The number of hydrogen-bond donors (Lipinski definition) is 1. The van der Waals surface area contributed by atoms with Crippen LogP contribution in [0.15, 0.2) is 50.4 Å². The van der Waals surface area contributed by atoms with E-state index in [2.05, 4.69) is 19.5 Å². The van der Waals surface area contributed by atoms with Crippen LogP contribution in [0.4, 0.5) is 11.4 Å². The van der Waals surface area contributed by atoms with E-state index in [-0.39, 0.29) is 103 Å². The molecule has 2 aromatic carbocycles. The van der Waals surface area contributed by atoms with Gasteiger partial charge in [0.15, 0.2) is 9.84 Å². The third kappa shape index (κ3) is 9.43. The third-order valence-corrected chi connectivity index (χ3v) is 8.31. The number of ether oxygens (including phenoxy) is 1. The van der Waals surface area contributed by atoms with Gasteiger partial charge in [-0.2, -0.15) is 13.5 Å². The van der Waals surface area contributed by atoms with Crippen molar-refractivity contribution in [1.29, 1.82) is 0 Å². The van der Waals surface area contributed by atoms with E-state index < -0.39 is 53.5 Å². The van der Waals surface area contributed by atoms with Gasteiger partial charge >= 0.3 is 69.5 Å². The van der Waals surface area contributed by atoms with Gasteiger partial charge in [0.05, 0.1) is 45.7 Å². The minimum atomic E-state index is -4.83. The second-order valence-electron chi connectivity index (χ2n) is 7.78. The molecule has 0 spiro atoms. The van der Waals surface area contributed by atoms with E-state index in [9.17, 15) is 34.9 Å². The van der Waals surface area contributed by atoms with Crippen LogP contribution in [0, 0.1) is 13.8 Å². The maximum atomic E-state index is 13.1. The molecule has 1 aromatic heterocycles. The average Bonchev–Trinajstić information content (AvgIpc) is 3.08. The van der Waals surface area contributed by atoms with Crippen LogP contribution >= 0.6 is 11.6 Å². The molecule has 212 valence electrons. The average molecular weight is 669 g/mol. The molecule has 0 amide bonds. The Bertz CT molecular complexity index is 1770. The fourth-order valence-electron chi connectivity index (χ4n) is 3.29. The maximum absolute atomic E-state index is 13.1. The van der Waals surface area contributed by atoms with E-state index in [0.29, 0.717) is 0 Å². The summed E-state index contributed by atoms with van der Waals surface area (Å²) >= 11 is 6.16. The number of aromatic nitrogens is 2. The molecule has 0 saturated carbocycles. The fourth-order valence-corrected chi connectivity index (χ4v) is 5.79. The molecule has 0 bridgehead atoms. The van der Waals surface area contributed by atoms with Gasteiger partial charge in [-0.15, -0.1) is 10.2 Å². The zero-order valence-electron chi connectivity index (χ0n) is 22.2. The van der Waals surface area contributed by atoms with Gasteiger partial charge in [0.1, 0.15) is 27.2 Å². The first kappa shape index (κ1) is 37.9. The zero-order chi connectivity index (χ0) is 29.3. The van der Waals surface area contributed by atoms with Gasteiger partial charge in [0.2, 0.25) is 0 Å². The van der Waals surface area contributed by atoms with Crippen LogP contribution in [0.2, 0.25) is 5.02 Å². The molecule has 3 rings (SSSR count). The molecular weight excluding hydrogens is 650 g/mol. The first-order chi connectivity index (χ1) is 17.9. The molecule has 0 atom stereocenters. The molecule has 3 aromatic rings. The van der Waals surface area contributed by atoms with Crippen molar-refractivity contribution in [3.05, 3.63) is 46.6 Å². The Kier molecular flexibility index (Phi) is 13.5. The second kappa shape index (κ2) is 14.6. The van der Waals surface area contributed by atoms with Crippen molar-refractivity contribution < 1.29 is 107 Å². The molecule has 0 fully saturated rings. The van der Waals surface area contributed by atoms with Gasteiger partial charge in [-0.3, -0.25) is 4.55 Å². The summed E-state index contributed by atoms with van der Waals surface area (Å²) in [5, 5.41) is 24.7. The van der Waals surface area contributed by atoms with E-state index in [0.717, 1.165) is 22.9 Å². The number of hydrogen-bond acceptors (Lipinski definition) is 13. The van der Waals surface area contributed by atoms with Crippen LogP contribution in [-0.2, 0) is 34.5 Å². The Labute approximate surface area is 285 Å². The molecule has 0 aliphatic rings. The molecule has 15 nitrogen and oxygen atoms in total. The summed E-state index contributed by atoms with van der Waals surface area (Å²) in [6, 6.07) is 5.42. The van der Waals surface area contributed by atoms with Crippen molar-refractivity contribution in [2.75, 3.05) is 19.5 Å². The summed E-state index contributed by atoms with van der Waals surface area (Å²) in [6.07, 6.45) is 0. The predicted molar refractivity (Wildman–Crippen MR) is 132 cm³/mol. The minimum absolute atomic E-state index is 0. The first-order valence-electron chi connectivity index (χ1n) is 10.4. The molecule has 0 unspecified atom stereocenters. The van der Waals surface area contributed by atoms with E-state index in [1.165, 1.54) is 33.1 Å². The number of azo groups is 1. The standard InChI is InChI=1S/C20H21ClN4O11S3.2Na/c1-11-8-14(38(29,30)31)9-15(21)19(11)25-20(26)18(12(2)24-25)23-22-16-10-13(4-5-17(16)35-3)37(27,28)7-6-36-39(32,33)34;;/h4-5,8-10,26H,6-7H2,1-3H3,(H,29,30,31)(H,32,33,34);;/q;2*+1/p-2. The molecular formula is C20H19ClN4Na2O11S3. The van der Waals surface area contributed by atoms with Crippen molar-refractivity contribution in [2.24, 2.45) is 10.2 Å². The van der Waals surface area contributed by atoms with Crippen molar-refractivity contribution in [1.82, 2.24) is 9.78 Å². The summed E-state index contributed by atoms with van der Waals surface area (Å²) in [5.41, 5.74) is -0.110. The van der Waals surface area contributed by atoms with Crippen LogP contribution in [0.5, 0.6) is 11.6 Å². The summed E-state index contributed by atoms with van der Waals surface area (Å²) in [5.74, 6) is -1.51. The number of benzene rings is 2. The van der Waals surface area contributed by atoms with Crippen LogP contribution in [0.25, 0.3) is 5.69 Å². The van der Waals surface area contributed by atoms with Crippen molar-refractivity contribution in [3.8, 4) is 17.3 Å². The van der Waals surface area contributed by atoms with Gasteiger partial charge in [0, 0.05) is 5.88 Å². The van der Waals surface area contributed by atoms with Gasteiger partial charge in [-0.05, 0) is 49.7 Å². The number of rotatable bonds is 10. The third-order valence-electron chi connectivity index (χ3n) is 5.07. The Morgan fingerprint density at radius 2 is 1.66 bits per heavy atom. The maximum Gasteiger partial charge on any atom is 1.00 e. The van der Waals surface area contributed by atoms with E-state index in [1.807, 2.05) is 0 Å². The van der Waals surface area contributed by atoms with Crippen LogP contribution < -0.4 is 69.0 Å². The molecule has 1 N–H and O–H groups in total. The quantitative estimate of drug-likeness (QED) is 0.124. The van der Waals surface area contributed by atoms with Crippen LogP contribution in [0.3, 0.4) is 0 Å². The van der Waals surface area contributed by atoms with Gasteiger partial charge in [-0.1, -0.05) is 11.6 Å². The summed E-state index contributed by atoms with van der Waals surface area (Å²) in [4.78, 5) is -0.891. The molecule has 1 heterocycles. The molecule has 0 aliphatic carbocycles. The molecule has 0 radical (unpaired) electrons. The molecule has 41 heavy (non-hydrogen) atoms.